The van der Waals surface area contributed by atoms with Gasteiger partial charge in [0.05, 0.1) is 17.3 Å². The Kier molecular flexibility index (Phi) is 5.49. The Bertz CT molecular complexity index is 599. The maximum Gasteiger partial charge on any atom is 0.135 e. The highest BCUT2D eigenvalue weighted by atomic mass is 79.9. The molecule has 1 N–H and O–H groups in total. The molecule has 0 radical (unpaired) electrons. The molecule has 2 aromatic rings. The van der Waals surface area contributed by atoms with E-state index < -0.39 is 0 Å². The zero-order valence-corrected chi connectivity index (χ0v) is 14.7. The van der Waals surface area contributed by atoms with Crippen LogP contribution in [0.1, 0.15) is 18.1 Å². The topological polar surface area (TPSA) is 21.3 Å². The fourth-order valence-electron chi connectivity index (χ4n) is 2.09. The molecular formula is C16H17Br2NO. The number of ether oxygens (including phenoxy) is 1. The predicted octanol–water partition coefficient (Wildman–Crippen LogP) is 5.39. The zero-order chi connectivity index (χ0) is 14.5. The lowest BCUT2D eigenvalue weighted by molar-refractivity contribution is 0.412. The number of benzene rings is 2. The maximum atomic E-state index is 5.33. The van der Waals surface area contributed by atoms with Crippen LogP contribution in [-0.4, -0.2) is 7.11 Å². The lowest BCUT2D eigenvalue weighted by Crippen LogP contribution is -2.03. The summed E-state index contributed by atoms with van der Waals surface area (Å²) in [4.78, 5) is 0. The second-order valence-corrected chi connectivity index (χ2v) is 6.15. The van der Waals surface area contributed by atoms with Gasteiger partial charge in [-0.25, -0.2) is 0 Å². The van der Waals surface area contributed by atoms with Crippen LogP contribution < -0.4 is 10.1 Å². The lowest BCUT2D eigenvalue weighted by Gasteiger charge is -2.13. The van der Waals surface area contributed by atoms with E-state index in [1.807, 2.05) is 12.1 Å². The van der Waals surface area contributed by atoms with Crippen LogP contribution in [0.2, 0.25) is 0 Å². The van der Waals surface area contributed by atoms with Crippen molar-refractivity contribution in [2.75, 3.05) is 12.4 Å². The monoisotopic (exact) mass is 397 g/mol. The van der Waals surface area contributed by atoms with Gasteiger partial charge in [0.2, 0.25) is 0 Å². The molecule has 0 unspecified atom stereocenters. The Balaban J connectivity index is 2.18. The molecule has 0 spiro atoms. The lowest BCUT2D eigenvalue weighted by atomic mass is 10.1. The minimum Gasteiger partial charge on any atom is -0.495 e. The van der Waals surface area contributed by atoms with E-state index >= 15 is 0 Å². The normalized spacial score (nSPS) is 10.4. The van der Waals surface area contributed by atoms with E-state index in [2.05, 4.69) is 68.4 Å². The van der Waals surface area contributed by atoms with E-state index in [1.165, 1.54) is 11.1 Å². The van der Waals surface area contributed by atoms with E-state index in [-0.39, 0.29) is 0 Å². The van der Waals surface area contributed by atoms with Gasteiger partial charge in [0.25, 0.3) is 0 Å². The van der Waals surface area contributed by atoms with E-state index in [1.54, 1.807) is 7.11 Å². The Morgan fingerprint density at radius 3 is 2.40 bits per heavy atom. The number of halogens is 2. The molecule has 4 heteroatoms. The van der Waals surface area contributed by atoms with Crippen molar-refractivity contribution in [2.45, 2.75) is 19.9 Å². The summed E-state index contributed by atoms with van der Waals surface area (Å²) in [6.45, 7) is 2.98. The van der Waals surface area contributed by atoms with Crippen molar-refractivity contribution >= 4 is 37.5 Å². The molecule has 0 aliphatic rings. The molecule has 2 nitrogen and oxygen atoms in total. The minimum atomic E-state index is 0.799. The Morgan fingerprint density at radius 1 is 1.05 bits per heavy atom. The van der Waals surface area contributed by atoms with Crippen LogP contribution in [0, 0.1) is 0 Å². The second-order valence-electron chi connectivity index (χ2n) is 4.44. The number of nitrogens with one attached hydrogen (secondary N) is 1. The summed E-state index contributed by atoms with van der Waals surface area (Å²) in [7, 11) is 1.67. The first-order valence-corrected chi connectivity index (χ1v) is 8.08. The highest BCUT2D eigenvalue weighted by molar-refractivity contribution is 9.11. The van der Waals surface area contributed by atoms with Gasteiger partial charge in [0.1, 0.15) is 5.75 Å². The minimum absolute atomic E-state index is 0.799. The summed E-state index contributed by atoms with van der Waals surface area (Å²) in [5, 5.41) is 3.46. The van der Waals surface area contributed by atoms with Crippen LogP contribution in [0.5, 0.6) is 5.75 Å². The number of hydrogen-bond acceptors (Lipinski definition) is 2. The molecule has 0 amide bonds. The molecule has 0 heterocycles. The fraction of sp³-hybridized carbons (Fsp3) is 0.250. The summed E-state index contributed by atoms with van der Waals surface area (Å²) in [6, 6.07) is 12.5. The van der Waals surface area contributed by atoms with Crippen molar-refractivity contribution in [1.82, 2.24) is 0 Å². The van der Waals surface area contributed by atoms with E-state index in [4.69, 9.17) is 4.74 Å². The summed E-state index contributed by atoms with van der Waals surface area (Å²) >= 11 is 7.05. The molecule has 0 aliphatic carbocycles. The first kappa shape index (κ1) is 15.4. The van der Waals surface area contributed by atoms with Gasteiger partial charge >= 0.3 is 0 Å². The van der Waals surface area contributed by atoms with Crippen molar-refractivity contribution in [3.63, 3.8) is 0 Å². The average Bonchev–Trinajstić information content (AvgIpc) is 2.46. The van der Waals surface area contributed by atoms with Gasteiger partial charge in [0, 0.05) is 17.1 Å². The van der Waals surface area contributed by atoms with Crippen LogP contribution >= 0.6 is 31.9 Å². The Hall–Kier alpha value is -1.000. The van der Waals surface area contributed by atoms with Crippen LogP contribution in [-0.2, 0) is 13.0 Å². The molecule has 0 bridgehead atoms. The SMILES string of the molecule is CCc1ccccc1CNc1cc(OC)c(Br)cc1Br. The smallest absolute Gasteiger partial charge is 0.135 e. The standard InChI is InChI=1S/C16H17Br2NO/c1-3-11-6-4-5-7-12(11)10-19-15-9-16(20-2)14(18)8-13(15)17/h4-9,19H,3,10H2,1-2H3. The van der Waals surface area contributed by atoms with Crippen LogP contribution in [0.25, 0.3) is 0 Å². The van der Waals surface area contributed by atoms with Gasteiger partial charge < -0.3 is 10.1 Å². The first-order valence-electron chi connectivity index (χ1n) is 6.49. The van der Waals surface area contributed by atoms with Crippen molar-refractivity contribution in [3.8, 4) is 5.75 Å². The van der Waals surface area contributed by atoms with E-state index in [9.17, 15) is 0 Å². The number of anilines is 1. The number of rotatable bonds is 5. The van der Waals surface area contributed by atoms with Gasteiger partial charge in [-0.15, -0.1) is 0 Å². The second kappa shape index (κ2) is 7.14. The van der Waals surface area contributed by atoms with Crippen molar-refractivity contribution in [2.24, 2.45) is 0 Å². The van der Waals surface area contributed by atoms with Crippen molar-refractivity contribution < 1.29 is 4.74 Å². The molecule has 2 aromatic carbocycles. The molecule has 0 fully saturated rings. The molecule has 2 rings (SSSR count). The van der Waals surface area contributed by atoms with Crippen molar-refractivity contribution in [1.29, 1.82) is 0 Å². The largest absolute Gasteiger partial charge is 0.495 e. The molecule has 0 aliphatic heterocycles. The highest BCUT2D eigenvalue weighted by Gasteiger charge is 2.07. The van der Waals surface area contributed by atoms with Crippen LogP contribution in [0.15, 0.2) is 45.3 Å². The quantitative estimate of drug-likeness (QED) is 0.728. The average molecular weight is 399 g/mol. The van der Waals surface area contributed by atoms with Gasteiger partial charge in [-0.05, 0) is 55.5 Å². The molecule has 0 saturated carbocycles. The van der Waals surface area contributed by atoms with E-state index in [0.29, 0.717) is 0 Å². The van der Waals surface area contributed by atoms with Gasteiger partial charge in [-0.3, -0.25) is 0 Å². The van der Waals surface area contributed by atoms with Gasteiger partial charge in [-0.1, -0.05) is 31.2 Å². The molecule has 106 valence electrons. The zero-order valence-electron chi connectivity index (χ0n) is 11.5. The summed E-state index contributed by atoms with van der Waals surface area (Å²) < 4.78 is 7.28. The first-order chi connectivity index (χ1) is 9.65. The Morgan fingerprint density at radius 2 is 1.75 bits per heavy atom. The molecule has 0 saturated heterocycles. The number of aryl methyl sites for hydroxylation is 1. The summed E-state index contributed by atoms with van der Waals surface area (Å²) in [6.07, 6.45) is 1.04. The molecule has 0 atom stereocenters. The third-order valence-electron chi connectivity index (χ3n) is 3.21. The van der Waals surface area contributed by atoms with Gasteiger partial charge in [-0.2, -0.15) is 0 Å². The maximum absolute atomic E-state index is 5.33. The highest BCUT2D eigenvalue weighted by Crippen LogP contribution is 2.34. The number of hydrogen-bond donors (Lipinski definition) is 1. The fourth-order valence-corrected chi connectivity index (χ4v) is 3.38. The van der Waals surface area contributed by atoms with Crippen LogP contribution in [0.3, 0.4) is 0 Å². The Labute approximate surface area is 136 Å². The molecule has 20 heavy (non-hydrogen) atoms. The third-order valence-corrected chi connectivity index (χ3v) is 4.49. The summed E-state index contributed by atoms with van der Waals surface area (Å²) in [5.74, 6) is 0.819. The van der Waals surface area contributed by atoms with Gasteiger partial charge in [0.15, 0.2) is 0 Å². The van der Waals surface area contributed by atoms with Crippen molar-refractivity contribution in [3.05, 3.63) is 56.5 Å². The third kappa shape index (κ3) is 3.55. The summed E-state index contributed by atoms with van der Waals surface area (Å²) in [5.41, 5.74) is 3.72. The predicted molar refractivity (Wildman–Crippen MR) is 91.5 cm³/mol. The molecular weight excluding hydrogens is 382 g/mol. The van der Waals surface area contributed by atoms with Crippen LogP contribution in [0.4, 0.5) is 5.69 Å². The van der Waals surface area contributed by atoms with E-state index in [0.717, 1.165) is 33.3 Å². The molecule has 0 aromatic heterocycles. The number of methoxy groups -OCH3 is 1.